The molecule has 0 heterocycles. The normalized spacial score (nSPS) is 12.8. The topological polar surface area (TPSA) is 81.7 Å². The van der Waals surface area contributed by atoms with Crippen LogP contribution >= 0.6 is 0 Å². The van der Waals surface area contributed by atoms with Crippen LogP contribution in [0.25, 0.3) is 0 Å². The van der Waals surface area contributed by atoms with Crippen molar-refractivity contribution in [2.24, 2.45) is 0 Å². The van der Waals surface area contributed by atoms with E-state index in [1.54, 1.807) is 12.1 Å². The van der Waals surface area contributed by atoms with Crippen molar-refractivity contribution in [1.29, 1.82) is 0 Å². The van der Waals surface area contributed by atoms with Crippen LogP contribution in [0.2, 0.25) is 0 Å². The fraction of sp³-hybridized carbons (Fsp3) is 0.462. The monoisotopic (exact) mass is 301 g/mol. The van der Waals surface area contributed by atoms with E-state index >= 15 is 0 Å². The standard InChI is InChI=1S/C13H19NO5S/c1-10(13(15)14-8-9-18-2)20(16,17)12-6-4-11(19-3)5-7-12/h4-7,10H,8-9H2,1-3H3,(H,14,15)/t10-/m1/s1. The zero-order valence-corrected chi connectivity index (χ0v) is 12.6. The van der Waals surface area contributed by atoms with Gasteiger partial charge in [0.1, 0.15) is 11.0 Å². The maximum atomic E-state index is 12.3. The van der Waals surface area contributed by atoms with E-state index < -0.39 is 21.0 Å². The summed E-state index contributed by atoms with van der Waals surface area (Å²) in [4.78, 5) is 11.9. The van der Waals surface area contributed by atoms with Crippen molar-refractivity contribution in [1.82, 2.24) is 5.32 Å². The number of ether oxygens (including phenoxy) is 2. The summed E-state index contributed by atoms with van der Waals surface area (Å²) in [7, 11) is -0.710. The molecule has 0 spiro atoms. The Hall–Kier alpha value is -1.60. The van der Waals surface area contributed by atoms with Crippen molar-refractivity contribution in [3.05, 3.63) is 24.3 Å². The lowest BCUT2D eigenvalue weighted by molar-refractivity contribution is -0.120. The number of methoxy groups -OCH3 is 2. The molecule has 1 amide bonds. The minimum Gasteiger partial charge on any atom is -0.497 e. The Morgan fingerprint density at radius 2 is 1.85 bits per heavy atom. The van der Waals surface area contributed by atoms with E-state index in [4.69, 9.17) is 9.47 Å². The number of amides is 1. The molecule has 20 heavy (non-hydrogen) atoms. The molecule has 112 valence electrons. The van der Waals surface area contributed by atoms with Gasteiger partial charge in [-0.2, -0.15) is 0 Å². The van der Waals surface area contributed by atoms with Gasteiger partial charge in [0.15, 0.2) is 9.84 Å². The lowest BCUT2D eigenvalue weighted by Crippen LogP contribution is -2.39. The van der Waals surface area contributed by atoms with Gasteiger partial charge in [-0.3, -0.25) is 4.79 Å². The van der Waals surface area contributed by atoms with Crippen LogP contribution in [0.3, 0.4) is 0 Å². The van der Waals surface area contributed by atoms with Crippen LogP contribution in [0.5, 0.6) is 5.75 Å². The largest absolute Gasteiger partial charge is 0.497 e. The van der Waals surface area contributed by atoms with Crippen LogP contribution in [0.4, 0.5) is 0 Å². The second-order valence-electron chi connectivity index (χ2n) is 4.15. The maximum absolute atomic E-state index is 12.3. The second kappa shape index (κ2) is 7.25. The minimum atomic E-state index is -3.71. The van der Waals surface area contributed by atoms with Gasteiger partial charge in [0, 0.05) is 13.7 Å². The molecule has 1 aromatic rings. The van der Waals surface area contributed by atoms with Gasteiger partial charge in [0.05, 0.1) is 18.6 Å². The highest BCUT2D eigenvalue weighted by atomic mass is 32.2. The first kappa shape index (κ1) is 16.5. The molecule has 0 aliphatic heterocycles. The van der Waals surface area contributed by atoms with E-state index in [9.17, 15) is 13.2 Å². The molecule has 0 aliphatic carbocycles. The molecular formula is C13H19NO5S. The van der Waals surface area contributed by atoms with Gasteiger partial charge in [-0.15, -0.1) is 0 Å². The molecule has 0 bridgehead atoms. The van der Waals surface area contributed by atoms with Crippen LogP contribution in [0.15, 0.2) is 29.2 Å². The van der Waals surface area contributed by atoms with Gasteiger partial charge in [-0.25, -0.2) is 8.42 Å². The molecule has 0 saturated heterocycles. The van der Waals surface area contributed by atoms with Crippen LogP contribution < -0.4 is 10.1 Å². The van der Waals surface area contributed by atoms with E-state index in [1.807, 2.05) is 0 Å². The van der Waals surface area contributed by atoms with E-state index in [0.29, 0.717) is 12.4 Å². The highest BCUT2D eigenvalue weighted by Crippen LogP contribution is 2.19. The third-order valence-corrected chi connectivity index (χ3v) is 4.90. The Bertz CT molecular complexity index is 538. The number of carbonyl (C=O) groups is 1. The van der Waals surface area contributed by atoms with Crippen molar-refractivity contribution in [3.8, 4) is 5.75 Å². The molecule has 0 unspecified atom stereocenters. The summed E-state index contributed by atoms with van der Waals surface area (Å²) in [5.74, 6) is 0.0130. The summed E-state index contributed by atoms with van der Waals surface area (Å²) < 4.78 is 34.3. The first-order valence-electron chi connectivity index (χ1n) is 6.08. The van der Waals surface area contributed by atoms with Crippen molar-refractivity contribution in [2.45, 2.75) is 17.1 Å². The summed E-state index contributed by atoms with van der Waals surface area (Å²) in [5, 5.41) is 1.35. The van der Waals surface area contributed by atoms with Gasteiger partial charge in [-0.05, 0) is 31.2 Å². The van der Waals surface area contributed by atoms with E-state index in [2.05, 4.69) is 5.32 Å². The van der Waals surface area contributed by atoms with Crippen molar-refractivity contribution in [3.63, 3.8) is 0 Å². The van der Waals surface area contributed by atoms with Crippen LogP contribution in [0.1, 0.15) is 6.92 Å². The minimum absolute atomic E-state index is 0.0905. The Morgan fingerprint density at radius 1 is 1.25 bits per heavy atom. The lowest BCUT2D eigenvalue weighted by atomic mass is 10.3. The smallest absolute Gasteiger partial charge is 0.238 e. The zero-order chi connectivity index (χ0) is 15.2. The summed E-state index contributed by atoms with van der Waals surface area (Å²) in [6, 6.07) is 5.94. The number of benzene rings is 1. The van der Waals surface area contributed by atoms with Gasteiger partial charge in [0.25, 0.3) is 0 Å². The molecule has 0 aromatic heterocycles. The molecule has 1 aromatic carbocycles. The molecule has 0 fully saturated rings. The molecular weight excluding hydrogens is 282 g/mol. The number of hydrogen-bond donors (Lipinski definition) is 1. The Morgan fingerprint density at radius 3 is 2.35 bits per heavy atom. The summed E-state index contributed by atoms with van der Waals surface area (Å²) in [5.41, 5.74) is 0. The van der Waals surface area contributed by atoms with Crippen molar-refractivity contribution < 1.29 is 22.7 Å². The maximum Gasteiger partial charge on any atom is 0.238 e. The van der Waals surface area contributed by atoms with Gasteiger partial charge < -0.3 is 14.8 Å². The zero-order valence-electron chi connectivity index (χ0n) is 11.8. The molecule has 1 N–H and O–H groups in total. The average molecular weight is 301 g/mol. The number of carbonyl (C=O) groups excluding carboxylic acids is 1. The van der Waals surface area contributed by atoms with E-state index in [-0.39, 0.29) is 11.4 Å². The van der Waals surface area contributed by atoms with Crippen LogP contribution in [-0.2, 0) is 19.4 Å². The lowest BCUT2D eigenvalue weighted by Gasteiger charge is -2.13. The summed E-state index contributed by atoms with van der Waals surface area (Å²) in [6.07, 6.45) is 0. The average Bonchev–Trinajstić information content (AvgIpc) is 2.46. The SMILES string of the molecule is COCCNC(=O)[C@@H](C)S(=O)(=O)c1ccc(OC)cc1. The van der Waals surface area contributed by atoms with Gasteiger partial charge in [-0.1, -0.05) is 0 Å². The molecule has 0 aliphatic rings. The third-order valence-electron chi connectivity index (χ3n) is 2.83. The summed E-state index contributed by atoms with van der Waals surface area (Å²) >= 11 is 0. The number of sulfone groups is 1. The van der Waals surface area contributed by atoms with Gasteiger partial charge >= 0.3 is 0 Å². The highest BCUT2D eigenvalue weighted by Gasteiger charge is 2.29. The van der Waals surface area contributed by atoms with Gasteiger partial charge in [0.2, 0.25) is 5.91 Å². The summed E-state index contributed by atoms with van der Waals surface area (Å²) in [6.45, 7) is 1.97. The number of rotatable bonds is 7. The Labute approximate surface area is 119 Å². The Balaban J connectivity index is 2.83. The molecule has 1 rings (SSSR count). The number of hydrogen-bond acceptors (Lipinski definition) is 5. The first-order chi connectivity index (χ1) is 9.43. The molecule has 7 heteroatoms. The molecule has 6 nitrogen and oxygen atoms in total. The van der Waals surface area contributed by atoms with Crippen molar-refractivity contribution in [2.75, 3.05) is 27.4 Å². The Kier molecular flexibility index (Phi) is 5.97. The van der Waals surface area contributed by atoms with Crippen LogP contribution in [-0.4, -0.2) is 46.9 Å². The van der Waals surface area contributed by atoms with Crippen LogP contribution in [0, 0.1) is 0 Å². The van der Waals surface area contributed by atoms with E-state index in [0.717, 1.165) is 0 Å². The van der Waals surface area contributed by atoms with Crippen molar-refractivity contribution >= 4 is 15.7 Å². The van der Waals surface area contributed by atoms with E-state index in [1.165, 1.54) is 33.3 Å². The number of nitrogens with one attached hydrogen (secondary N) is 1. The quantitative estimate of drug-likeness (QED) is 0.747. The highest BCUT2D eigenvalue weighted by molar-refractivity contribution is 7.92. The predicted molar refractivity (Wildman–Crippen MR) is 74.5 cm³/mol. The first-order valence-corrected chi connectivity index (χ1v) is 7.62. The fourth-order valence-electron chi connectivity index (χ4n) is 1.53. The third kappa shape index (κ3) is 3.94. The predicted octanol–water partition coefficient (Wildman–Crippen LogP) is 0.620. The fourth-order valence-corrected chi connectivity index (χ4v) is 2.82. The molecule has 1 atom stereocenters. The molecule has 0 radical (unpaired) electrons. The molecule has 0 saturated carbocycles. The second-order valence-corrected chi connectivity index (χ2v) is 6.42.